The van der Waals surface area contributed by atoms with Crippen molar-refractivity contribution in [2.24, 2.45) is 0 Å². The van der Waals surface area contributed by atoms with Crippen LogP contribution in [0.3, 0.4) is 0 Å². The molecular weight excluding hydrogens is 264 g/mol. The highest BCUT2D eigenvalue weighted by atomic mass is 16.1. The van der Waals surface area contributed by atoms with Gasteiger partial charge in [0.25, 0.3) is 5.56 Å². The van der Waals surface area contributed by atoms with Crippen molar-refractivity contribution >= 4 is 0 Å². The van der Waals surface area contributed by atoms with E-state index >= 15 is 0 Å². The molecule has 5 heteroatoms. The summed E-state index contributed by atoms with van der Waals surface area (Å²) in [5, 5.41) is 3.15. The second kappa shape index (κ2) is 5.01. The molecule has 3 rings (SSSR count). The second-order valence-electron chi connectivity index (χ2n) is 5.03. The lowest BCUT2D eigenvalue weighted by molar-refractivity contribution is 0.800. The topological polar surface area (TPSA) is 63.6 Å². The van der Waals surface area contributed by atoms with Crippen LogP contribution in [0, 0.1) is 20.8 Å². The largest absolute Gasteiger partial charge is 0.289 e. The lowest BCUT2D eigenvalue weighted by Crippen LogP contribution is -2.17. The zero-order chi connectivity index (χ0) is 15.0. The highest BCUT2D eigenvalue weighted by molar-refractivity contribution is 5.62. The lowest BCUT2D eigenvalue weighted by Gasteiger charge is -2.03. The molecular formula is C16H16N4O. The SMILES string of the molecule is Cc1cc(-n2[nH]c(-c3ccccc3)c(C)c2=O)nc(C)n1. The minimum atomic E-state index is -0.0913. The molecule has 0 atom stereocenters. The highest BCUT2D eigenvalue weighted by Gasteiger charge is 2.14. The number of aromatic amines is 1. The van der Waals surface area contributed by atoms with Crippen LogP contribution in [0.5, 0.6) is 0 Å². The average Bonchev–Trinajstić information content (AvgIpc) is 2.75. The van der Waals surface area contributed by atoms with Crippen LogP contribution >= 0.6 is 0 Å². The lowest BCUT2D eigenvalue weighted by atomic mass is 10.1. The van der Waals surface area contributed by atoms with E-state index in [1.165, 1.54) is 4.68 Å². The van der Waals surface area contributed by atoms with Crippen molar-refractivity contribution in [3.63, 3.8) is 0 Å². The molecule has 0 saturated carbocycles. The summed E-state index contributed by atoms with van der Waals surface area (Å²) in [7, 11) is 0. The van der Waals surface area contributed by atoms with E-state index in [0.29, 0.717) is 17.2 Å². The molecule has 0 saturated heterocycles. The van der Waals surface area contributed by atoms with Gasteiger partial charge in [0.1, 0.15) is 5.82 Å². The maximum absolute atomic E-state index is 12.5. The first kappa shape index (κ1) is 13.3. The molecule has 0 fully saturated rings. The van der Waals surface area contributed by atoms with Crippen molar-refractivity contribution in [1.82, 2.24) is 19.7 Å². The number of hydrogen-bond acceptors (Lipinski definition) is 3. The Labute approximate surface area is 122 Å². The Morgan fingerprint density at radius 2 is 1.76 bits per heavy atom. The Balaban J connectivity index is 2.20. The molecule has 0 bridgehead atoms. The fraction of sp³-hybridized carbons (Fsp3) is 0.188. The number of aryl methyl sites for hydroxylation is 2. The molecule has 5 nitrogen and oxygen atoms in total. The maximum Gasteiger partial charge on any atom is 0.276 e. The number of H-pyrrole nitrogens is 1. The fourth-order valence-electron chi connectivity index (χ4n) is 2.38. The van der Waals surface area contributed by atoms with Gasteiger partial charge in [-0.1, -0.05) is 30.3 Å². The molecule has 0 spiro atoms. The summed E-state index contributed by atoms with van der Waals surface area (Å²) >= 11 is 0. The zero-order valence-electron chi connectivity index (χ0n) is 12.2. The van der Waals surface area contributed by atoms with E-state index in [4.69, 9.17) is 0 Å². The Bertz CT molecular complexity index is 826. The third-order valence-corrected chi connectivity index (χ3v) is 3.37. The monoisotopic (exact) mass is 280 g/mol. The molecule has 0 amide bonds. The van der Waals surface area contributed by atoms with Crippen LogP contribution in [0.15, 0.2) is 41.2 Å². The Morgan fingerprint density at radius 3 is 2.43 bits per heavy atom. The molecule has 21 heavy (non-hydrogen) atoms. The molecule has 106 valence electrons. The van der Waals surface area contributed by atoms with E-state index in [-0.39, 0.29) is 5.56 Å². The normalized spacial score (nSPS) is 10.8. The average molecular weight is 280 g/mol. The first-order valence-corrected chi connectivity index (χ1v) is 6.76. The highest BCUT2D eigenvalue weighted by Crippen LogP contribution is 2.19. The van der Waals surface area contributed by atoms with Gasteiger partial charge in [0, 0.05) is 17.3 Å². The summed E-state index contributed by atoms with van der Waals surface area (Å²) in [6, 6.07) is 11.6. The van der Waals surface area contributed by atoms with Crippen LogP contribution in [0.2, 0.25) is 0 Å². The smallest absolute Gasteiger partial charge is 0.276 e. The third kappa shape index (κ3) is 2.38. The molecule has 1 aromatic carbocycles. The van der Waals surface area contributed by atoms with Gasteiger partial charge in [-0.15, -0.1) is 0 Å². The van der Waals surface area contributed by atoms with Gasteiger partial charge >= 0.3 is 0 Å². The number of nitrogens with one attached hydrogen (secondary N) is 1. The molecule has 0 unspecified atom stereocenters. The van der Waals surface area contributed by atoms with Crippen molar-refractivity contribution in [3.8, 4) is 17.1 Å². The summed E-state index contributed by atoms with van der Waals surface area (Å²) in [5.74, 6) is 1.21. The van der Waals surface area contributed by atoms with Gasteiger partial charge in [-0.2, -0.15) is 0 Å². The van der Waals surface area contributed by atoms with Gasteiger partial charge in [-0.25, -0.2) is 14.6 Å². The third-order valence-electron chi connectivity index (χ3n) is 3.37. The van der Waals surface area contributed by atoms with E-state index in [0.717, 1.165) is 17.0 Å². The summed E-state index contributed by atoms with van der Waals surface area (Å²) < 4.78 is 1.47. The van der Waals surface area contributed by atoms with Gasteiger partial charge < -0.3 is 0 Å². The number of nitrogens with zero attached hydrogens (tertiary/aromatic N) is 3. The van der Waals surface area contributed by atoms with Crippen LogP contribution < -0.4 is 5.56 Å². The fourth-order valence-corrected chi connectivity index (χ4v) is 2.38. The van der Waals surface area contributed by atoms with Crippen LogP contribution in [0.4, 0.5) is 0 Å². The Kier molecular flexibility index (Phi) is 3.17. The van der Waals surface area contributed by atoms with Crippen molar-refractivity contribution in [1.29, 1.82) is 0 Å². The molecule has 1 N–H and O–H groups in total. The van der Waals surface area contributed by atoms with Gasteiger partial charge in [0.15, 0.2) is 5.82 Å². The van der Waals surface area contributed by atoms with E-state index in [1.54, 1.807) is 6.07 Å². The predicted octanol–water partition coefficient (Wildman–Crippen LogP) is 2.55. The molecule has 0 radical (unpaired) electrons. The summed E-state index contributed by atoms with van der Waals surface area (Å²) in [5.41, 5.74) is 3.21. The minimum Gasteiger partial charge on any atom is -0.289 e. The Hall–Kier alpha value is -2.69. The van der Waals surface area contributed by atoms with Crippen LogP contribution in [0.1, 0.15) is 17.1 Å². The Morgan fingerprint density at radius 1 is 1.05 bits per heavy atom. The summed E-state index contributed by atoms with van der Waals surface area (Å²) in [4.78, 5) is 21.0. The quantitative estimate of drug-likeness (QED) is 0.784. The van der Waals surface area contributed by atoms with E-state index in [9.17, 15) is 4.79 Å². The zero-order valence-corrected chi connectivity index (χ0v) is 12.2. The van der Waals surface area contributed by atoms with E-state index < -0.39 is 0 Å². The summed E-state index contributed by atoms with van der Waals surface area (Å²) in [6.07, 6.45) is 0. The van der Waals surface area contributed by atoms with Gasteiger partial charge in [0.05, 0.1) is 5.69 Å². The molecule has 2 heterocycles. The number of rotatable bonds is 2. The van der Waals surface area contributed by atoms with Crippen molar-refractivity contribution in [2.75, 3.05) is 0 Å². The first-order valence-electron chi connectivity index (χ1n) is 6.76. The van der Waals surface area contributed by atoms with Crippen LogP contribution in [0.25, 0.3) is 17.1 Å². The van der Waals surface area contributed by atoms with Crippen LogP contribution in [-0.2, 0) is 0 Å². The van der Waals surface area contributed by atoms with Crippen molar-refractivity contribution in [2.45, 2.75) is 20.8 Å². The molecule has 0 aliphatic carbocycles. The molecule has 0 aliphatic rings. The number of benzene rings is 1. The van der Waals surface area contributed by atoms with Gasteiger partial charge in [-0.3, -0.25) is 9.89 Å². The van der Waals surface area contributed by atoms with Gasteiger partial charge in [0.2, 0.25) is 0 Å². The minimum absolute atomic E-state index is 0.0913. The van der Waals surface area contributed by atoms with Crippen molar-refractivity contribution < 1.29 is 0 Å². The van der Waals surface area contributed by atoms with E-state index in [1.807, 2.05) is 51.1 Å². The molecule has 3 aromatic rings. The molecule has 2 aromatic heterocycles. The number of hydrogen-bond donors (Lipinski definition) is 1. The first-order chi connectivity index (χ1) is 10.1. The maximum atomic E-state index is 12.5. The molecule has 0 aliphatic heterocycles. The van der Waals surface area contributed by atoms with Gasteiger partial charge in [-0.05, 0) is 26.3 Å². The number of aromatic nitrogens is 4. The standard InChI is InChI=1S/C16H16N4O/c1-10-9-14(18-12(3)17-10)20-16(21)11(2)15(19-20)13-7-5-4-6-8-13/h4-9,19H,1-3H3. The summed E-state index contributed by atoms with van der Waals surface area (Å²) in [6.45, 7) is 5.52. The van der Waals surface area contributed by atoms with Crippen LogP contribution in [-0.4, -0.2) is 19.7 Å². The predicted molar refractivity (Wildman–Crippen MR) is 81.6 cm³/mol. The second-order valence-corrected chi connectivity index (χ2v) is 5.03. The van der Waals surface area contributed by atoms with Crippen molar-refractivity contribution in [3.05, 3.63) is 63.8 Å². The van der Waals surface area contributed by atoms with E-state index in [2.05, 4.69) is 15.1 Å².